The summed E-state index contributed by atoms with van der Waals surface area (Å²) in [5.41, 5.74) is 1.29. The summed E-state index contributed by atoms with van der Waals surface area (Å²) in [5, 5.41) is 14.9. The summed E-state index contributed by atoms with van der Waals surface area (Å²) in [7, 11) is 2.11. The van der Waals surface area contributed by atoms with E-state index >= 15 is 0 Å². The number of rotatable bonds is 6. The average Bonchev–Trinajstić information content (AvgIpc) is 3.09. The van der Waals surface area contributed by atoms with Crippen molar-refractivity contribution in [3.63, 3.8) is 0 Å². The van der Waals surface area contributed by atoms with E-state index in [4.69, 9.17) is 0 Å². The van der Waals surface area contributed by atoms with Crippen LogP contribution in [0.3, 0.4) is 0 Å². The molecular formula is C17H22N6O2S2. The maximum absolute atomic E-state index is 12.2. The Balaban J connectivity index is 1.49. The molecule has 10 heteroatoms. The molecule has 0 radical (unpaired) electrons. The van der Waals surface area contributed by atoms with Crippen molar-refractivity contribution in [3.8, 4) is 0 Å². The van der Waals surface area contributed by atoms with Gasteiger partial charge in [-0.25, -0.2) is 0 Å². The lowest BCUT2D eigenvalue weighted by molar-refractivity contribution is -0.114. The fourth-order valence-corrected chi connectivity index (χ4v) is 4.28. The molecule has 2 aromatic rings. The highest BCUT2D eigenvalue weighted by atomic mass is 32.2. The molecule has 1 aromatic carbocycles. The molecule has 8 nitrogen and oxygen atoms in total. The second-order valence-corrected chi connectivity index (χ2v) is 8.42. The van der Waals surface area contributed by atoms with E-state index in [1.165, 1.54) is 30.0 Å². The molecule has 0 bridgehead atoms. The number of thioether (sulfide) groups is 1. The number of benzene rings is 1. The van der Waals surface area contributed by atoms with Crippen molar-refractivity contribution in [1.82, 2.24) is 15.1 Å². The summed E-state index contributed by atoms with van der Waals surface area (Å²) in [5.74, 6) is -0.0281. The van der Waals surface area contributed by atoms with Crippen molar-refractivity contribution in [2.45, 2.75) is 11.3 Å². The molecule has 2 heterocycles. The highest BCUT2D eigenvalue weighted by Crippen LogP contribution is 2.28. The van der Waals surface area contributed by atoms with Gasteiger partial charge >= 0.3 is 0 Å². The second-order valence-electron chi connectivity index (χ2n) is 6.24. The van der Waals surface area contributed by atoms with Crippen molar-refractivity contribution in [2.75, 3.05) is 54.5 Å². The van der Waals surface area contributed by atoms with Crippen LogP contribution in [0, 0.1) is 0 Å². The maximum atomic E-state index is 12.2. The second kappa shape index (κ2) is 9.16. The Morgan fingerprint density at radius 3 is 2.56 bits per heavy atom. The Kier molecular flexibility index (Phi) is 6.64. The zero-order chi connectivity index (χ0) is 19.2. The minimum Gasteiger partial charge on any atom is -0.344 e. The third-order valence-electron chi connectivity index (χ3n) is 3.96. The first-order chi connectivity index (χ1) is 13.0. The largest absolute Gasteiger partial charge is 0.344 e. The third kappa shape index (κ3) is 5.91. The van der Waals surface area contributed by atoms with Gasteiger partial charge in [-0.15, -0.1) is 10.2 Å². The molecule has 1 saturated heterocycles. The summed E-state index contributed by atoms with van der Waals surface area (Å²) in [6.07, 6.45) is 0. The lowest BCUT2D eigenvalue weighted by Crippen LogP contribution is -2.44. The molecule has 2 N–H and O–H groups in total. The van der Waals surface area contributed by atoms with Crippen LogP contribution < -0.4 is 15.5 Å². The number of carbonyl (C=O) groups excluding carboxylic acids is 2. The highest BCUT2D eigenvalue weighted by Gasteiger charge is 2.18. The van der Waals surface area contributed by atoms with E-state index in [0.29, 0.717) is 11.4 Å². The number of nitrogens with zero attached hydrogens (tertiary/aromatic N) is 4. The third-order valence-corrected chi connectivity index (χ3v) is 6.08. The summed E-state index contributed by atoms with van der Waals surface area (Å²) in [6.45, 7) is 5.37. The molecule has 144 valence electrons. The highest BCUT2D eigenvalue weighted by molar-refractivity contribution is 8.01. The molecule has 0 spiro atoms. The monoisotopic (exact) mass is 406 g/mol. The van der Waals surface area contributed by atoms with Gasteiger partial charge < -0.3 is 20.4 Å². The van der Waals surface area contributed by atoms with E-state index in [0.717, 1.165) is 35.7 Å². The Morgan fingerprint density at radius 2 is 1.85 bits per heavy atom. The van der Waals surface area contributed by atoms with Gasteiger partial charge in [0.05, 0.1) is 5.75 Å². The number of nitrogens with one attached hydrogen (secondary N) is 2. The smallest absolute Gasteiger partial charge is 0.234 e. The molecule has 27 heavy (non-hydrogen) atoms. The Morgan fingerprint density at radius 1 is 1.15 bits per heavy atom. The van der Waals surface area contributed by atoms with Crippen molar-refractivity contribution >= 4 is 51.4 Å². The van der Waals surface area contributed by atoms with E-state index < -0.39 is 0 Å². The lowest BCUT2D eigenvalue weighted by Gasteiger charge is -2.31. The number of piperazine rings is 1. The molecule has 3 rings (SSSR count). The normalized spacial score (nSPS) is 14.8. The first-order valence-corrected chi connectivity index (χ1v) is 10.4. The number of carbonyl (C=O) groups is 2. The van der Waals surface area contributed by atoms with Crippen LogP contribution >= 0.6 is 23.1 Å². The molecular weight excluding hydrogens is 384 g/mol. The SMILES string of the molecule is CC(=O)Nc1cccc(NC(=O)CSc2nnc(N3CCN(C)CC3)s2)c1. The topological polar surface area (TPSA) is 90.5 Å². The summed E-state index contributed by atoms with van der Waals surface area (Å²) >= 11 is 2.89. The Hall–Kier alpha value is -2.17. The first-order valence-electron chi connectivity index (χ1n) is 8.57. The van der Waals surface area contributed by atoms with Gasteiger partial charge in [-0.3, -0.25) is 9.59 Å². The fourth-order valence-electron chi connectivity index (χ4n) is 2.59. The van der Waals surface area contributed by atoms with Crippen LogP contribution in [0.25, 0.3) is 0 Å². The number of anilines is 3. The van der Waals surface area contributed by atoms with Crippen molar-refractivity contribution in [3.05, 3.63) is 24.3 Å². The predicted octanol–water partition coefficient (Wildman–Crippen LogP) is 1.98. The van der Waals surface area contributed by atoms with Gasteiger partial charge in [0.2, 0.25) is 16.9 Å². The van der Waals surface area contributed by atoms with Crippen LogP contribution in [-0.2, 0) is 9.59 Å². The van der Waals surface area contributed by atoms with Gasteiger partial charge in [-0.05, 0) is 25.2 Å². The maximum Gasteiger partial charge on any atom is 0.234 e. The molecule has 0 atom stereocenters. The molecule has 1 aromatic heterocycles. The summed E-state index contributed by atoms with van der Waals surface area (Å²) in [6, 6.07) is 7.05. The van der Waals surface area contributed by atoms with Gasteiger partial charge in [0.15, 0.2) is 4.34 Å². The Labute approximate surface area is 166 Å². The average molecular weight is 407 g/mol. The quantitative estimate of drug-likeness (QED) is 0.709. The van der Waals surface area contributed by atoms with Crippen LogP contribution in [0.15, 0.2) is 28.6 Å². The van der Waals surface area contributed by atoms with Crippen LogP contribution in [0.5, 0.6) is 0 Å². The predicted molar refractivity (Wildman–Crippen MR) is 110 cm³/mol. The van der Waals surface area contributed by atoms with E-state index in [1.807, 2.05) is 0 Å². The van der Waals surface area contributed by atoms with Crippen LogP contribution in [0.1, 0.15) is 6.92 Å². The molecule has 0 aliphatic carbocycles. The van der Waals surface area contributed by atoms with Crippen molar-refractivity contribution < 1.29 is 9.59 Å². The minimum absolute atomic E-state index is 0.128. The zero-order valence-electron chi connectivity index (χ0n) is 15.3. The minimum atomic E-state index is -0.151. The van der Waals surface area contributed by atoms with Crippen molar-refractivity contribution in [1.29, 1.82) is 0 Å². The molecule has 1 aliphatic heterocycles. The number of hydrogen-bond acceptors (Lipinski definition) is 8. The van der Waals surface area contributed by atoms with Gasteiger partial charge in [-0.1, -0.05) is 29.2 Å². The molecule has 1 aliphatic rings. The van der Waals surface area contributed by atoms with Gasteiger partial charge in [0.25, 0.3) is 0 Å². The number of aromatic nitrogens is 2. The van der Waals surface area contributed by atoms with Crippen LogP contribution in [0.2, 0.25) is 0 Å². The number of likely N-dealkylation sites (N-methyl/N-ethyl adjacent to an activating group) is 1. The van der Waals surface area contributed by atoms with E-state index in [1.54, 1.807) is 24.3 Å². The van der Waals surface area contributed by atoms with Crippen molar-refractivity contribution in [2.24, 2.45) is 0 Å². The molecule has 0 saturated carbocycles. The van der Waals surface area contributed by atoms with Gasteiger partial charge in [0, 0.05) is 44.5 Å². The van der Waals surface area contributed by atoms with Gasteiger partial charge in [0.1, 0.15) is 0 Å². The van der Waals surface area contributed by atoms with Gasteiger partial charge in [-0.2, -0.15) is 0 Å². The standard InChI is InChI=1S/C17H22N6O2S2/c1-12(24)18-13-4-3-5-14(10-13)19-15(25)11-26-17-21-20-16(27-17)23-8-6-22(2)7-9-23/h3-5,10H,6-9,11H2,1-2H3,(H,18,24)(H,19,25). The molecule has 0 unspecified atom stereocenters. The number of hydrogen-bond donors (Lipinski definition) is 2. The first kappa shape index (κ1) is 19.6. The van der Waals surface area contributed by atoms with Crippen LogP contribution in [-0.4, -0.2) is 65.9 Å². The number of amides is 2. The summed E-state index contributed by atoms with van der Waals surface area (Å²) < 4.78 is 0.783. The lowest BCUT2D eigenvalue weighted by atomic mass is 10.2. The van der Waals surface area contributed by atoms with E-state index in [9.17, 15) is 9.59 Å². The molecule has 1 fully saturated rings. The molecule has 2 amide bonds. The van der Waals surface area contributed by atoms with E-state index in [-0.39, 0.29) is 17.6 Å². The summed E-state index contributed by atoms with van der Waals surface area (Å²) in [4.78, 5) is 27.8. The zero-order valence-corrected chi connectivity index (χ0v) is 16.9. The van der Waals surface area contributed by atoms with E-state index in [2.05, 4.69) is 37.7 Å². The fraction of sp³-hybridized carbons (Fsp3) is 0.412. The van der Waals surface area contributed by atoms with Crippen LogP contribution in [0.4, 0.5) is 16.5 Å². The Bertz CT molecular complexity index is 804.